The van der Waals surface area contributed by atoms with E-state index in [1.165, 1.54) is 34.8 Å². The second kappa shape index (κ2) is 17.2. The lowest BCUT2D eigenvalue weighted by Crippen LogP contribution is -2.42. The summed E-state index contributed by atoms with van der Waals surface area (Å²) in [5.74, 6) is 0.201. The van der Waals surface area contributed by atoms with Gasteiger partial charge in [0.25, 0.3) is 0 Å². The van der Waals surface area contributed by atoms with E-state index in [-0.39, 0.29) is 23.5 Å². The van der Waals surface area contributed by atoms with Crippen LogP contribution < -0.4 is 15.6 Å². The maximum Gasteiger partial charge on any atom is 0.349 e. The van der Waals surface area contributed by atoms with Crippen LogP contribution in [0.15, 0.2) is 88.4 Å². The van der Waals surface area contributed by atoms with Crippen molar-refractivity contribution in [3.63, 3.8) is 0 Å². The van der Waals surface area contributed by atoms with Crippen LogP contribution in [0.4, 0.5) is 0 Å². The Morgan fingerprint density at radius 3 is 2.35 bits per heavy atom. The number of nitrogens with one attached hydrogen (secondary N) is 2. The van der Waals surface area contributed by atoms with Gasteiger partial charge in [-0.1, -0.05) is 30.3 Å². The molecule has 3 heterocycles. The topological polar surface area (TPSA) is 144 Å². The number of rotatable bonds is 16. The van der Waals surface area contributed by atoms with Crippen LogP contribution in [0.1, 0.15) is 66.0 Å². The van der Waals surface area contributed by atoms with Crippen LogP contribution >= 0.6 is 22.7 Å². The second-order valence-electron chi connectivity index (χ2n) is 13.6. The molecule has 0 aliphatic heterocycles. The zero-order chi connectivity index (χ0) is 36.7. The van der Waals surface area contributed by atoms with Gasteiger partial charge in [0, 0.05) is 36.6 Å². The van der Waals surface area contributed by atoms with Gasteiger partial charge in [-0.25, -0.2) is 4.79 Å². The van der Waals surface area contributed by atoms with Crippen LogP contribution in [-0.4, -0.2) is 76.1 Å². The molecule has 5 aromatic rings. The molecule has 10 nitrogen and oxygen atoms in total. The number of carbonyl (C=O) groups excluding carboxylic acids is 1. The standard InChI is InChI=1S/C40H47N3O7S2/c1-26(41-25-34(45)31-16-18-33(44)38-32(31)17-19-37(46)42-38)24-27-8-12-29(13-9-27)49-21-5-20-43(2)28-10-14-30(15-11-28)50-39(47)40(48,35-6-3-22-51-35)36-7-4-23-52-36/h3-4,6-9,12-13,16-19,22-23,26,28,30,34,41,44-45,48H,5,10-11,14-15,20-21,24-25H2,1-2H3,(H,42,46)/t26?,28?,30?,34-/m1/s1. The third-order valence-electron chi connectivity index (χ3n) is 9.91. The molecule has 0 spiro atoms. The highest BCUT2D eigenvalue weighted by Gasteiger charge is 2.45. The first kappa shape index (κ1) is 37.7. The van der Waals surface area contributed by atoms with Gasteiger partial charge in [-0.05, 0) is 111 Å². The highest BCUT2D eigenvalue weighted by Crippen LogP contribution is 2.38. The Bertz CT molecular complexity index is 1900. The number of hydrogen-bond acceptors (Lipinski definition) is 11. The molecule has 276 valence electrons. The van der Waals surface area contributed by atoms with Gasteiger partial charge >= 0.3 is 5.97 Å². The number of benzene rings is 2. The van der Waals surface area contributed by atoms with Crippen molar-refractivity contribution in [2.45, 2.75) is 75.3 Å². The number of aromatic hydroxyl groups is 1. The summed E-state index contributed by atoms with van der Waals surface area (Å²) in [7, 11) is 2.14. The maximum absolute atomic E-state index is 13.3. The normalized spacial score (nSPS) is 17.6. The van der Waals surface area contributed by atoms with Crippen molar-refractivity contribution in [1.29, 1.82) is 0 Å². The molecule has 6 rings (SSSR count). The van der Waals surface area contributed by atoms with E-state index in [1.54, 1.807) is 24.3 Å². The smallest absolute Gasteiger partial charge is 0.349 e. The minimum atomic E-state index is -1.77. The van der Waals surface area contributed by atoms with E-state index in [0.717, 1.165) is 56.4 Å². The average Bonchev–Trinajstić information content (AvgIpc) is 3.90. The number of phenols is 1. The average molecular weight is 746 g/mol. The third-order valence-corrected chi connectivity index (χ3v) is 11.9. The van der Waals surface area contributed by atoms with Gasteiger partial charge in [0.2, 0.25) is 11.2 Å². The van der Waals surface area contributed by atoms with Crippen molar-refractivity contribution >= 4 is 39.5 Å². The Morgan fingerprint density at radius 1 is 1.00 bits per heavy atom. The predicted octanol–water partition coefficient (Wildman–Crippen LogP) is 6.10. The first-order valence-electron chi connectivity index (χ1n) is 17.8. The number of fused-ring (bicyclic) bond motifs is 1. The Hall–Kier alpha value is -4.04. The molecule has 52 heavy (non-hydrogen) atoms. The molecule has 1 aliphatic carbocycles. The quantitative estimate of drug-likeness (QED) is 0.0598. The number of phenolic OH excluding ortho intramolecular Hbond substituents is 1. The van der Waals surface area contributed by atoms with E-state index in [9.17, 15) is 24.9 Å². The molecule has 0 saturated heterocycles. The molecular formula is C40H47N3O7S2. The molecule has 5 N–H and O–H groups in total. The number of H-pyrrole nitrogens is 1. The van der Waals surface area contributed by atoms with Gasteiger partial charge in [-0.2, -0.15) is 0 Å². The lowest BCUT2D eigenvalue weighted by molar-refractivity contribution is -0.169. The molecule has 3 aromatic heterocycles. The summed E-state index contributed by atoms with van der Waals surface area (Å²) in [6.45, 7) is 3.89. The SMILES string of the molecule is CC(Cc1ccc(OCCCN(C)C2CCC(OC(=O)C(O)(c3cccs3)c3cccs3)CC2)cc1)NC[C@@H](O)c1ccc(O)c2[nH]c(=O)ccc12. The number of aromatic amines is 1. The predicted molar refractivity (Wildman–Crippen MR) is 205 cm³/mol. The van der Waals surface area contributed by atoms with Crippen molar-refractivity contribution < 1.29 is 29.6 Å². The molecule has 2 aromatic carbocycles. The summed E-state index contributed by atoms with van der Waals surface area (Å²) in [4.78, 5) is 31.2. The van der Waals surface area contributed by atoms with Crippen LogP contribution in [0.5, 0.6) is 11.5 Å². The van der Waals surface area contributed by atoms with E-state index in [1.807, 2.05) is 35.0 Å². The molecular weight excluding hydrogens is 699 g/mol. The number of hydrogen-bond donors (Lipinski definition) is 5. The van der Waals surface area contributed by atoms with E-state index >= 15 is 0 Å². The number of ether oxygens (including phenoxy) is 2. The summed E-state index contributed by atoms with van der Waals surface area (Å²) in [5, 5.41) is 40.3. The highest BCUT2D eigenvalue weighted by atomic mass is 32.1. The largest absolute Gasteiger partial charge is 0.506 e. The lowest BCUT2D eigenvalue weighted by atomic mass is 9.91. The Labute approximate surface area is 311 Å². The van der Waals surface area contributed by atoms with Crippen molar-refractivity contribution in [2.24, 2.45) is 0 Å². The fourth-order valence-corrected chi connectivity index (χ4v) is 8.65. The van der Waals surface area contributed by atoms with Crippen LogP contribution in [0.2, 0.25) is 0 Å². The minimum Gasteiger partial charge on any atom is -0.506 e. The molecule has 1 saturated carbocycles. The van der Waals surface area contributed by atoms with Crippen molar-refractivity contribution in [3.8, 4) is 11.5 Å². The molecule has 1 fully saturated rings. The highest BCUT2D eigenvalue weighted by molar-refractivity contribution is 7.12. The van der Waals surface area contributed by atoms with Gasteiger partial charge in [0.1, 0.15) is 17.6 Å². The minimum absolute atomic E-state index is 0.0305. The molecule has 1 unspecified atom stereocenters. The van der Waals surface area contributed by atoms with Crippen LogP contribution in [-0.2, 0) is 21.6 Å². The van der Waals surface area contributed by atoms with Gasteiger partial charge in [0.05, 0.1) is 28.0 Å². The zero-order valence-corrected chi connectivity index (χ0v) is 31.1. The molecule has 12 heteroatoms. The second-order valence-corrected chi connectivity index (χ2v) is 15.5. The van der Waals surface area contributed by atoms with Crippen LogP contribution in [0.25, 0.3) is 10.9 Å². The van der Waals surface area contributed by atoms with E-state index in [0.29, 0.717) is 45.4 Å². The molecule has 1 aliphatic rings. The molecule has 0 bridgehead atoms. The first-order valence-corrected chi connectivity index (χ1v) is 19.6. The number of thiophene rings is 2. The van der Waals surface area contributed by atoms with Crippen LogP contribution in [0, 0.1) is 0 Å². The number of aliphatic hydroxyl groups is 2. The number of carbonyl (C=O) groups is 1. The van der Waals surface area contributed by atoms with E-state index in [4.69, 9.17) is 9.47 Å². The van der Waals surface area contributed by atoms with Crippen molar-refractivity contribution in [2.75, 3.05) is 26.7 Å². The van der Waals surface area contributed by atoms with Gasteiger partial charge in [-0.3, -0.25) is 4.79 Å². The van der Waals surface area contributed by atoms with Crippen molar-refractivity contribution in [1.82, 2.24) is 15.2 Å². The number of nitrogens with zero attached hydrogens (tertiary/aromatic N) is 1. The fraction of sp³-hybridized carbons (Fsp3) is 0.400. The monoisotopic (exact) mass is 745 g/mol. The Balaban J connectivity index is 0.883. The van der Waals surface area contributed by atoms with Gasteiger partial charge in [0.15, 0.2) is 0 Å². The Morgan fingerprint density at radius 2 is 1.69 bits per heavy atom. The van der Waals surface area contributed by atoms with Gasteiger partial charge < -0.3 is 40.0 Å². The van der Waals surface area contributed by atoms with Crippen molar-refractivity contribution in [3.05, 3.63) is 115 Å². The first-order chi connectivity index (χ1) is 25.1. The van der Waals surface area contributed by atoms with E-state index < -0.39 is 17.7 Å². The molecule has 2 atom stereocenters. The summed E-state index contributed by atoms with van der Waals surface area (Å²) >= 11 is 2.71. The number of esters is 1. The van der Waals surface area contributed by atoms with Crippen LogP contribution in [0.3, 0.4) is 0 Å². The summed E-state index contributed by atoms with van der Waals surface area (Å²) < 4.78 is 12.0. The zero-order valence-electron chi connectivity index (χ0n) is 29.5. The lowest BCUT2D eigenvalue weighted by Gasteiger charge is -2.35. The summed E-state index contributed by atoms with van der Waals surface area (Å²) in [5.41, 5.74) is 0.0281. The number of aromatic nitrogens is 1. The summed E-state index contributed by atoms with van der Waals surface area (Å²) in [6, 6.07) is 22.0. The molecule has 0 radical (unpaired) electrons. The van der Waals surface area contributed by atoms with Gasteiger partial charge in [-0.15, -0.1) is 22.7 Å². The summed E-state index contributed by atoms with van der Waals surface area (Å²) in [6.07, 6.45) is 4.02. The number of pyridine rings is 1. The number of aliphatic hydroxyl groups excluding tert-OH is 1. The maximum atomic E-state index is 13.3. The fourth-order valence-electron chi connectivity index (χ4n) is 6.94. The Kier molecular flexibility index (Phi) is 12.5. The van der Waals surface area contributed by atoms with E-state index in [2.05, 4.69) is 41.3 Å². The molecule has 0 amide bonds. The third kappa shape index (κ3) is 8.94.